The summed E-state index contributed by atoms with van der Waals surface area (Å²) in [6.07, 6.45) is 3.44. The Balaban J connectivity index is 2.05. The minimum absolute atomic E-state index is 0.207. The number of anilines is 1. The minimum atomic E-state index is -0.357. The van der Waals surface area contributed by atoms with E-state index in [-0.39, 0.29) is 17.9 Å². The second kappa shape index (κ2) is 8.06. The first-order valence-electron chi connectivity index (χ1n) is 8.85. The van der Waals surface area contributed by atoms with E-state index >= 15 is 0 Å². The number of esters is 1. The van der Waals surface area contributed by atoms with Gasteiger partial charge in [-0.15, -0.1) is 11.3 Å². The summed E-state index contributed by atoms with van der Waals surface area (Å²) >= 11 is 7.51. The fourth-order valence-electron chi connectivity index (χ4n) is 3.60. The van der Waals surface area contributed by atoms with Gasteiger partial charge in [0.25, 0.3) is 0 Å². The van der Waals surface area contributed by atoms with Crippen LogP contribution in [0.2, 0.25) is 5.28 Å². The summed E-state index contributed by atoms with van der Waals surface area (Å²) in [7, 11) is 1.57. The lowest BCUT2D eigenvalue weighted by Gasteiger charge is -2.40. The van der Waals surface area contributed by atoms with Crippen molar-refractivity contribution in [1.82, 2.24) is 9.97 Å². The molecule has 2 aromatic heterocycles. The molecule has 2 aromatic rings. The number of aryl methyl sites for hydroxylation is 1. The molecule has 6 nitrogen and oxygen atoms in total. The average Bonchev–Trinajstić information content (AvgIpc) is 2.91. The predicted molar refractivity (Wildman–Crippen MR) is 105 cm³/mol. The molecule has 1 aliphatic heterocycles. The highest BCUT2D eigenvalue weighted by molar-refractivity contribution is 7.20. The summed E-state index contributed by atoms with van der Waals surface area (Å²) in [5.41, 5.74) is 0.851. The third-order valence-electron chi connectivity index (χ3n) is 4.89. The van der Waals surface area contributed by atoms with E-state index in [1.54, 1.807) is 7.11 Å². The van der Waals surface area contributed by atoms with Crippen LogP contribution in [-0.2, 0) is 9.47 Å². The molecule has 26 heavy (non-hydrogen) atoms. The molecule has 2 atom stereocenters. The van der Waals surface area contributed by atoms with Crippen LogP contribution < -0.4 is 4.90 Å². The van der Waals surface area contributed by atoms with Crippen molar-refractivity contribution in [3.05, 3.63) is 15.7 Å². The maximum Gasteiger partial charge on any atom is 0.348 e. The number of halogens is 1. The molecule has 8 heteroatoms. The van der Waals surface area contributed by atoms with Gasteiger partial charge in [0.15, 0.2) is 0 Å². The lowest BCUT2D eigenvalue weighted by atomic mass is 9.97. The van der Waals surface area contributed by atoms with Crippen molar-refractivity contribution in [3.8, 4) is 0 Å². The Kier molecular flexibility index (Phi) is 5.99. The maximum absolute atomic E-state index is 12.4. The van der Waals surface area contributed by atoms with Gasteiger partial charge in [-0.25, -0.2) is 9.78 Å². The molecule has 3 heterocycles. The number of piperidine rings is 1. The quantitative estimate of drug-likeness (QED) is 0.427. The lowest BCUT2D eigenvalue weighted by Crippen LogP contribution is -2.44. The molecule has 0 N–H and O–H groups in total. The second-order valence-corrected chi connectivity index (χ2v) is 8.05. The van der Waals surface area contributed by atoms with Crippen LogP contribution in [0.25, 0.3) is 10.2 Å². The monoisotopic (exact) mass is 397 g/mol. The van der Waals surface area contributed by atoms with E-state index in [2.05, 4.69) is 28.7 Å². The van der Waals surface area contributed by atoms with Gasteiger partial charge >= 0.3 is 5.97 Å². The van der Waals surface area contributed by atoms with Crippen molar-refractivity contribution in [1.29, 1.82) is 0 Å². The number of ether oxygens (including phenoxy) is 2. The Hall–Kier alpha value is -1.44. The van der Waals surface area contributed by atoms with E-state index in [1.165, 1.54) is 17.8 Å². The largest absolute Gasteiger partial charge is 0.459 e. The van der Waals surface area contributed by atoms with E-state index in [0.29, 0.717) is 23.6 Å². The molecule has 0 radical (unpaired) electrons. The molecule has 0 aromatic carbocycles. The highest BCUT2D eigenvalue weighted by Crippen LogP contribution is 2.39. The van der Waals surface area contributed by atoms with Gasteiger partial charge in [-0.3, -0.25) is 0 Å². The first-order chi connectivity index (χ1) is 12.4. The second-order valence-electron chi connectivity index (χ2n) is 6.72. The minimum Gasteiger partial charge on any atom is -0.459 e. The summed E-state index contributed by atoms with van der Waals surface area (Å²) in [4.78, 5) is 24.9. The molecule has 0 bridgehead atoms. The molecule has 3 rings (SSSR count). The molecule has 1 aliphatic rings. The number of hydrogen-bond acceptors (Lipinski definition) is 7. The highest BCUT2D eigenvalue weighted by Gasteiger charge is 2.30. The zero-order chi connectivity index (χ0) is 18.8. The van der Waals surface area contributed by atoms with Crippen LogP contribution in [0, 0.1) is 6.92 Å². The molecule has 0 amide bonds. The van der Waals surface area contributed by atoms with Crippen LogP contribution in [0.4, 0.5) is 5.82 Å². The van der Waals surface area contributed by atoms with E-state index in [4.69, 9.17) is 21.1 Å². The third-order valence-corrected chi connectivity index (χ3v) is 6.22. The van der Waals surface area contributed by atoms with Crippen LogP contribution in [0.3, 0.4) is 0 Å². The molecule has 0 aliphatic carbocycles. The normalized spacial score (nSPS) is 20.6. The molecule has 1 fully saturated rings. The number of thiophene rings is 1. The van der Waals surface area contributed by atoms with Crippen LogP contribution in [0.15, 0.2) is 0 Å². The number of carbonyl (C=O) groups excluding carboxylic acids is 1. The van der Waals surface area contributed by atoms with Crippen LogP contribution in [-0.4, -0.2) is 48.3 Å². The fraction of sp³-hybridized carbons (Fsp3) is 0.611. The van der Waals surface area contributed by atoms with Crippen molar-refractivity contribution in [3.63, 3.8) is 0 Å². The first-order valence-corrected chi connectivity index (χ1v) is 10.0. The van der Waals surface area contributed by atoms with Gasteiger partial charge in [-0.05, 0) is 57.2 Å². The van der Waals surface area contributed by atoms with Crippen LogP contribution in [0.5, 0.6) is 0 Å². The Morgan fingerprint density at radius 1 is 1.27 bits per heavy atom. The summed E-state index contributed by atoms with van der Waals surface area (Å²) in [6.45, 7) is 6.93. The van der Waals surface area contributed by atoms with Crippen molar-refractivity contribution in [2.75, 3.05) is 25.2 Å². The van der Waals surface area contributed by atoms with Crippen molar-refractivity contribution in [2.24, 2.45) is 0 Å². The van der Waals surface area contributed by atoms with E-state index < -0.39 is 0 Å². The first kappa shape index (κ1) is 19.3. The molecule has 142 valence electrons. The molecular formula is C18H24ClN3O3S. The van der Waals surface area contributed by atoms with Crippen molar-refractivity contribution < 1.29 is 14.3 Å². The fourth-order valence-corrected chi connectivity index (χ4v) is 4.88. The van der Waals surface area contributed by atoms with Crippen LogP contribution in [0.1, 0.15) is 48.3 Å². The molecule has 2 unspecified atom stereocenters. The van der Waals surface area contributed by atoms with Crippen molar-refractivity contribution in [2.45, 2.75) is 52.1 Å². The number of aromatic nitrogens is 2. The Labute approximate surface area is 162 Å². The van der Waals surface area contributed by atoms with Gasteiger partial charge in [0, 0.05) is 19.2 Å². The van der Waals surface area contributed by atoms with Crippen LogP contribution >= 0.6 is 22.9 Å². The zero-order valence-corrected chi connectivity index (χ0v) is 17.1. The van der Waals surface area contributed by atoms with E-state index in [9.17, 15) is 4.79 Å². The molecule has 0 saturated carbocycles. The SMILES string of the molecule is COCCOC(=O)c1sc2nc(Cl)nc(N3C(C)CCCC3C)c2c1C. The number of methoxy groups -OCH3 is 1. The Morgan fingerprint density at radius 3 is 2.62 bits per heavy atom. The van der Waals surface area contributed by atoms with Gasteiger partial charge in [0.2, 0.25) is 5.28 Å². The number of carbonyl (C=O) groups is 1. The Bertz CT molecular complexity index is 801. The predicted octanol–water partition coefficient (Wildman–Crippen LogP) is 4.22. The number of nitrogens with zero attached hydrogens (tertiary/aromatic N) is 3. The summed E-state index contributed by atoms with van der Waals surface area (Å²) in [5.74, 6) is 0.466. The van der Waals surface area contributed by atoms with Crippen molar-refractivity contribution >= 4 is 44.9 Å². The van der Waals surface area contributed by atoms with Gasteiger partial charge in [-0.1, -0.05) is 0 Å². The molecule has 0 spiro atoms. The summed E-state index contributed by atoms with van der Waals surface area (Å²) in [5, 5.41) is 1.11. The molecular weight excluding hydrogens is 374 g/mol. The number of fused-ring (bicyclic) bond motifs is 1. The third kappa shape index (κ3) is 3.66. The number of rotatable bonds is 5. The Morgan fingerprint density at radius 2 is 1.96 bits per heavy atom. The van der Waals surface area contributed by atoms with Gasteiger partial charge in [0.05, 0.1) is 12.0 Å². The highest BCUT2D eigenvalue weighted by atomic mass is 35.5. The smallest absolute Gasteiger partial charge is 0.348 e. The standard InChI is InChI=1S/C18H24ClN3O3S/c1-10-6-5-7-11(2)22(10)15-13-12(3)14(17(23)25-9-8-24-4)26-16(13)21-18(19)20-15/h10-11H,5-9H2,1-4H3. The van der Waals surface area contributed by atoms with Gasteiger partial charge < -0.3 is 14.4 Å². The molecule has 1 saturated heterocycles. The average molecular weight is 398 g/mol. The zero-order valence-electron chi connectivity index (χ0n) is 15.5. The maximum atomic E-state index is 12.4. The van der Waals surface area contributed by atoms with Gasteiger partial charge in [0.1, 0.15) is 22.1 Å². The lowest BCUT2D eigenvalue weighted by molar-refractivity contribution is 0.0393. The number of hydrogen-bond donors (Lipinski definition) is 0. The summed E-state index contributed by atoms with van der Waals surface area (Å²) < 4.78 is 10.2. The topological polar surface area (TPSA) is 64.5 Å². The summed E-state index contributed by atoms with van der Waals surface area (Å²) in [6, 6.07) is 0.730. The van der Waals surface area contributed by atoms with E-state index in [1.807, 2.05) is 6.92 Å². The van der Waals surface area contributed by atoms with Gasteiger partial charge in [-0.2, -0.15) is 4.98 Å². The van der Waals surface area contributed by atoms with E-state index in [0.717, 1.165) is 34.4 Å².